The summed E-state index contributed by atoms with van der Waals surface area (Å²) in [4.78, 5) is 37.8. The van der Waals surface area contributed by atoms with Crippen LogP contribution in [-0.4, -0.2) is 42.1 Å². The minimum Gasteiger partial charge on any atom is -0.326 e. The topological polar surface area (TPSA) is 96.8 Å². The van der Waals surface area contributed by atoms with Gasteiger partial charge in [-0.25, -0.2) is 14.6 Å². The van der Waals surface area contributed by atoms with Crippen LogP contribution in [0.5, 0.6) is 0 Å². The number of nitrogens with one attached hydrogen (secondary N) is 1. The van der Waals surface area contributed by atoms with Gasteiger partial charge in [-0.3, -0.25) is 9.59 Å². The van der Waals surface area contributed by atoms with Gasteiger partial charge in [0.1, 0.15) is 5.56 Å². The van der Waals surface area contributed by atoms with Gasteiger partial charge in [0.2, 0.25) is 0 Å². The number of hydrogen-bond donors (Lipinski definition) is 1. The molecule has 0 saturated carbocycles. The molecule has 138 valence electrons. The third kappa shape index (κ3) is 3.03. The van der Waals surface area contributed by atoms with Crippen molar-refractivity contribution >= 4 is 5.91 Å². The van der Waals surface area contributed by atoms with Crippen molar-refractivity contribution < 1.29 is 4.79 Å². The van der Waals surface area contributed by atoms with Crippen molar-refractivity contribution in [2.75, 3.05) is 6.54 Å². The molecule has 0 aliphatic carbocycles. The summed E-state index contributed by atoms with van der Waals surface area (Å²) < 4.78 is 1.87. The highest BCUT2D eigenvalue weighted by atomic mass is 16.2. The number of benzene rings is 1. The van der Waals surface area contributed by atoms with Gasteiger partial charge >= 0.3 is 0 Å². The molecule has 27 heavy (non-hydrogen) atoms. The molecule has 2 aromatic heterocycles. The summed E-state index contributed by atoms with van der Waals surface area (Å²) in [5.41, 5.74) is 0.539. The van der Waals surface area contributed by atoms with Crippen molar-refractivity contribution in [3.05, 3.63) is 64.6 Å². The first-order valence-electron chi connectivity index (χ1n) is 8.90. The molecular formula is C19H20N6O2. The summed E-state index contributed by atoms with van der Waals surface area (Å²) >= 11 is 0. The first kappa shape index (κ1) is 17.1. The van der Waals surface area contributed by atoms with Crippen molar-refractivity contribution in [1.82, 2.24) is 29.6 Å². The maximum Gasteiger partial charge on any atom is 0.263 e. The van der Waals surface area contributed by atoms with Gasteiger partial charge in [0.25, 0.3) is 11.5 Å². The Morgan fingerprint density at radius 2 is 2.00 bits per heavy atom. The zero-order valence-corrected chi connectivity index (χ0v) is 15.2. The molecule has 1 amide bonds. The van der Waals surface area contributed by atoms with Crippen LogP contribution in [0.3, 0.4) is 0 Å². The van der Waals surface area contributed by atoms with Gasteiger partial charge in [-0.15, -0.1) is 0 Å². The first-order valence-corrected chi connectivity index (χ1v) is 8.90. The van der Waals surface area contributed by atoms with Crippen molar-refractivity contribution in [3.63, 3.8) is 0 Å². The molecule has 3 heterocycles. The van der Waals surface area contributed by atoms with Crippen LogP contribution in [0.1, 0.15) is 36.1 Å². The van der Waals surface area contributed by atoms with E-state index in [0.29, 0.717) is 18.9 Å². The van der Waals surface area contributed by atoms with E-state index >= 15 is 0 Å². The zero-order valence-electron chi connectivity index (χ0n) is 15.2. The van der Waals surface area contributed by atoms with Crippen LogP contribution >= 0.6 is 0 Å². The summed E-state index contributed by atoms with van der Waals surface area (Å²) in [5.74, 6) is 1.16. The highest BCUT2D eigenvalue weighted by Crippen LogP contribution is 2.32. The number of carbonyl (C=O) groups is 1. The molecule has 1 N–H and O–H groups in total. The summed E-state index contributed by atoms with van der Waals surface area (Å²) in [6, 6.07) is 9.49. The second-order valence-electron chi connectivity index (χ2n) is 6.86. The molecule has 4 rings (SSSR count). The van der Waals surface area contributed by atoms with E-state index in [0.717, 1.165) is 11.4 Å². The predicted octanol–water partition coefficient (Wildman–Crippen LogP) is 1.88. The molecule has 3 aromatic rings. The Balaban J connectivity index is 1.74. The van der Waals surface area contributed by atoms with E-state index in [4.69, 9.17) is 4.98 Å². The van der Waals surface area contributed by atoms with Crippen molar-refractivity contribution in [1.29, 1.82) is 0 Å². The number of fused-ring (bicyclic) bond motifs is 1. The van der Waals surface area contributed by atoms with Gasteiger partial charge in [-0.1, -0.05) is 44.2 Å². The minimum absolute atomic E-state index is 0.0411. The van der Waals surface area contributed by atoms with Crippen molar-refractivity contribution in [2.45, 2.75) is 26.4 Å². The molecular weight excluding hydrogens is 344 g/mol. The Labute approximate surface area is 155 Å². The highest BCUT2D eigenvalue weighted by molar-refractivity contribution is 5.93. The van der Waals surface area contributed by atoms with Crippen LogP contribution in [0.25, 0.3) is 11.4 Å². The summed E-state index contributed by atoms with van der Waals surface area (Å²) in [6.07, 6.45) is 2.59. The van der Waals surface area contributed by atoms with Crippen molar-refractivity contribution in [2.24, 2.45) is 5.92 Å². The number of rotatable bonds is 3. The number of H-pyrrole nitrogens is 1. The Hall–Kier alpha value is -3.29. The second kappa shape index (κ2) is 6.79. The maximum absolute atomic E-state index is 13.0. The number of nitrogens with zero attached hydrogens (tertiary/aromatic N) is 5. The number of aromatic amines is 1. The third-order valence-electron chi connectivity index (χ3n) is 4.73. The molecule has 0 saturated heterocycles. The largest absolute Gasteiger partial charge is 0.326 e. The fourth-order valence-corrected chi connectivity index (χ4v) is 3.46. The Kier molecular flexibility index (Phi) is 4.31. The van der Waals surface area contributed by atoms with E-state index in [-0.39, 0.29) is 23.4 Å². The standard InChI is InChI=1S/C19H20N6O2/c1-12(2)15-17-22-16(13-6-4-3-5-7-13)23-25(17)9-8-24(15)19(27)14-10-20-11-21-18(14)26/h3-7,10-12,15H,8-9H2,1-2H3,(H,20,21,26)/t15-/m0/s1. The minimum atomic E-state index is -0.436. The first-order chi connectivity index (χ1) is 13.1. The lowest BCUT2D eigenvalue weighted by Gasteiger charge is -2.37. The van der Waals surface area contributed by atoms with Gasteiger partial charge < -0.3 is 9.88 Å². The molecule has 0 radical (unpaired) electrons. The van der Waals surface area contributed by atoms with Gasteiger partial charge in [-0.2, -0.15) is 5.10 Å². The highest BCUT2D eigenvalue weighted by Gasteiger charge is 2.37. The van der Waals surface area contributed by atoms with E-state index in [2.05, 4.69) is 15.1 Å². The predicted molar refractivity (Wildman–Crippen MR) is 98.9 cm³/mol. The normalized spacial score (nSPS) is 16.4. The lowest BCUT2D eigenvalue weighted by atomic mass is 9.99. The summed E-state index contributed by atoms with van der Waals surface area (Å²) in [5, 5.41) is 4.63. The van der Waals surface area contributed by atoms with Crippen LogP contribution in [-0.2, 0) is 6.54 Å². The van der Waals surface area contributed by atoms with E-state index in [1.165, 1.54) is 12.5 Å². The van der Waals surface area contributed by atoms with E-state index < -0.39 is 5.56 Å². The van der Waals surface area contributed by atoms with Gasteiger partial charge in [0.15, 0.2) is 11.6 Å². The second-order valence-corrected chi connectivity index (χ2v) is 6.86. The number of aromatic nitrogens is 5. The molecule has 0 unspecified atom stereocenters. The molecule has 0 spiro atoms. The molecule has 1 aliphatic rings. The summed E-state index contributed by atoms with van der Waals surface area (Å²) in [7, 11) is 0. The molecule has 0 fully saturated rings. The van der Waals surface area contributed by atoms with Crippen LogP contribution in [0, 0.1) is 5.92 Å². The van der Waals surface area contributed by atoms with E-state index in [1.54, 1.807) is 4.90 Å². The maximum atomic E-state index is 13.0. The van der Waals surface area contributed by atoms with Crippen molar-refractivity contribution in [3.8, 4) is 11.4 Å². The third-order valence-corrected chi connectivity index (χ3v) is 4.73. The van der Waals surface area contributed by atoms with E-state index in [1.807, 2.05) is 48.9 Å². The average molecular weight is 364 g/mol. The number of carbonyl (C=O) groups excluding carboxylic acids is 1. The van der Waals surface area contributed by atoms with Gasteiger partial charge in [0, 0.05) is 18.3 Å². The molecule has 1 aromatic carbocycles. The number of amides is 1. The smallest absolute Gasteiger partial charge is 0.263 e. The molecule has 0 bridgehead atoms. The molecule has 8 heteroatoms. The van der Waals surface area contributed by atoms with Crippen LogP contribution in [0.2, 0.25) is 0 Å². The molecule has 8 nitrogen and oxygen atoms in total. The Morgan fingerprint density at radius 3 is 2.70 bits per heavy atom. The number of hydrogen-bond acceptors (Lipinski definition) is 5. The van der Waals surface area contributed by atoms with Crippen LogP contribution < -0.4 is 5.56 Å². The molecule has 1 aliphatic heterocycles. The summed E-state index contributed by atoms with van der Waals surface area (Å²) in [6.45, 7) is 5.05. The molecule has 1 atom stereocenters. The lowest BCUT2D eigenvalue weighted by molar-refractivity contribution is 0.0534. The van der Waals surface area contributed by atoms with Gasteiger partial charge in [-0.05, 0) is 5.92 Å². The van der Waals surface area contributed by atoms with Crippen LogP contribution in [0.15, 0.2) is 47.7 Å². The Morgan fingerprint density at radius 1 is 1.22 bits per heavy atom. The van der Waals surface area contributed by atoms with Gasteiger partial charge in [0.05, 0.1) is 18.9 Å². The fourth-order valence-electron chi connectivity index (χ4n) is 3.46. The van der Waals surface area contributed by atoms with E-state index in [9.17, 15) is 9.59 Å². The van der Waals surface area contributed by atoms with Crippen LogP contribution in [0.4, 0.5) is 0 Å². The monoisotopic (exact) mass is 364 g/mol. The SMILES string of the molecule is CC(C)[C@H]1c2nc(-c3ccccc3)nn2CCN1C(=O)c1cnc[nH]c1=O. The fraction of sp³-hybridized carbons (Fsp3) is 0.316. The lowest BCUT2D eigenvalue weighted by Crippen LogP contribution is -2.46. The quantitative estimate of drug-likeness (QED) is 0.765. The Bertz CT molecular complexity index is 1020. The zero-order chi connectivity index (χ0) is 19.0. The average Bonchev–Trinajstić information content (AvgIpc) is 3.12.